The van der Waals surface area contributed by atoms with Crippen LogP contribution in [0.4, 0.5) is 0 Å². The Kier molecular flexibility index (Phi) is 4.24. The first-order valence-electron chi connectivity index (χ1n) is 4.48. The molecular formula is C9H18N2. The van der Waals surface area contributed by atoms with Crippen molar-refractivity contribution in [2.75, 3.05) is 19.6 Å². The van der Waals surface area contributed by atoms with Crippen molar-refractivity contribution in [1.82, 2.24) is 10.6 Å². The average molecular weight is 154 g/mol. The van der Waals surface area contributed by atoms with Crippen LogP contribution >= 0.6 is 0 Å². The molecule has 1 atom stereocenters. The molecule has 0 aliphatic carbocycles. The third-order valence-electron chi connectivity index (χ3n) is 2.04. The van der Waals surface area contributed by atoms with Crippen molar-refractivity contribution in [2.24, 2.45) is 0 Å². The van der Waals surface area contributed by atoms with E-state index < -0.39 is 0 Å². The third-order valence-corrected chi connectivity index (χ3v) is 2.04. The second kappa shape index (κ2) is 5.33. The molecule has 2 nitrogen and oxygen atoms in total. The van der Waals surface area contributed by atoms with Gasteiger partial charge in [-0.1, -0.05) is 12.2 Å². The summed E-state index contributed by atoms with van der Waals surface area (Å²) in [5.41, 5.74) is 0. The van der Waals surface area contributed by atoms with E-state index in [4.69, 9.17) is 0 Å². The molecule has 1 fully saturated rings. The molecule has 0 amide bonds. The summed E-state index contributed by atoms with van der Waals surface area (Å²) < 4.78 is 0. The Labute approximate surface area is 69.1 Å². The zero-order valence-corrected chi connectivity index (χ0v) is 7.27. The lowest BCUT2D eigenvalue weighted by Gasteiger charge is -2.23. The number of rotatable bonds is 3. The normalized spacial score (nSPS) is 26.1. The first-order chi connectivity index (χ1) is 5.43. The van der Waals surface area contributed by atoms with Crippen LogP contribution in [-0.2, 0) is 0 Å². The first-order valence-corrected chi connectivity index (χ1v) is 4.48. The molecular weight excluding hydrogens is 136 g/mol. The summed E-state index contributed by atoms with van der Waals surface area (Å²) in [7, 11) is 0. The van der Waals surface area contributed by atoms with Crippen LogP contribution in [0.2, 0.25) is 0 Å². The van der Waals surface area contributed by atoms with Gasteiger partial charge in [-0.05, 0) is 19.8 Å². The monoisotopic (exact) mass is 154 g/mol. The molecule has 1 rings (SSSR count). The maximum Gasteiger partial charge on any atom is 0.0195 e. The predicted molar refractivity (Wildman–Crippen MR) is 48.7 cm³/mol. The zero-order chi connectivity index (χ0) is 7.94. The van der Waals surface area contributed by atoms with Crippen LogP contribution in [0.25, 0.3) is 0 Å². The van der Waals surface area contributed by atoms with Crippen LogP contribution in [0.1, 0.15) is 19.8 Å². The van der Waals surface area contributed by atoms with Crippen molar-refractivity contribution >= 4 is 0 Å². The maximum absolute atomic E-state index is 3.48. The van der Waals surface area contributed by atoms with Crippen LogP contribution in [0, 0.1) is 0 Å². The maximum atomic E-state index is 3.48. The minimum atomic E-state index is 0.694. The Hall–Kier alpha value is -0.340. The molecule has 0 spiro atoms. The zero-order valence-electron chi connectivity index (χ0n) is 7.27. The second-order valence-electron chi connectivity index (χ2n) is 3.00. The minimum absolute atomic E-state index is 0.694. The molecule has 2 heteroatoms. The molecule has 1 unspecified atom stereocenters. The smallest absolute Gasteiger partial charge is 0.0195 e. The van der Waals surface area contributed by atoms with Crippen molar-refractivity contribution in [3.8, 4) is 0 Å². The fourth-order valence-electron chi connectivity index (χ4n) is 1.38. The molecule has 0 aromatic carbocycles. The van der Waals surface area contributed by atoms with Crippen LogP contribution < -0.4 is 10.6 Å². The lowest BCUT2D eigenvalue weighted by molar-refractivity contribution is 0.401. The van der Waals surface area contributed by atoms with Crippen molar-refractivity contribution in [1.29, 1.82) is 0 Å². The molecule has 1 aliphatic heterocycles. The SMILES string of the molecule is CC=CCCC1CNCCN1. The summed E-state index contributed by atoms with van der Waals surface area (Å²) in [4.78, 5) is 0. The summed E-state index contributed by atoms with van der Waals surface area (Å²) in [6, 6.07) is 0.694. The van der Waals surface area contributed by atoms with Crippen molar-refractivity contribution in [3.05, 3.63) is 12.2 Å². The molecule has 64 valence electrons. The molecule has 0 radical (unpaired) electrons. The number of nitrogens with one attached hydrogen (secondary N) is 2. The van der Waals surface area contributed by atoms with Crippen molar-refractivity contribution in [2.45, 2.75) is 25.8 Å². The van der Waals surface area contributed by atoms with Gasteiger partial charge in [-0.3, -0.25) is 0 Å². The van der Waals surface area contributed by atoms with Gasteiger partial charge in [0.25, 0.3) is 0 Å². The van der Waals surface area contributed by atoms with E-state index >= 15 is 0 Å². The topological polar surface area (TPSA) is 24.1 Å². The molecule has 0 aromatic rings. The van der Waals surface area contributed by atoms with Crippen LogP contribution in [0.5, 0.6) is 0 Å². The fourth-order valence-corrected chi connectivity index (χ4v) is 1.38. The minimum Gasteiger partial charge on any atom is -0.314 e. The van der Waals surface area contributed by atoms with Gasteiger partial charge in [0.1, 0.15) is 0 Å². The third kappa shape index (κ3) is 3.54. The highest BCUT2D eigenvalue weighted by Crippen LogP contribution is 1.99. The summed E-state index contributed by atoms with van der Waals surface area (Å²) in [5.74, 6) is 0. The fraction of sp³-hybridized carbons (Fsp3) is 0.778. The van der Waals surface area contributed by atoms with Crippen LogP contribution in [0.15, 0.2) is 12.2 Å². The summed E-state index contributed by atoms with van der Waals surface area (Å²) in [6.07, 6.45) is 6.82. The lowest BCUT2D eigenvalue weighted by atomic mass is 10.1. The van der Waals surface area contributed by atoms with Crippen molar-refractivity contribution < 1.29 is 0 Å². The molecule has 1 heterocycles. The Morgan fingerprint density at radius 3 is 3.00 bits per heavy atom. The summed E-state index contributed by atoms with van der Waals surface area (Å²) >= 11 is 0. The molecule has 11 heavy (non-hydrogen) atoms. The quantitative estimate of drug-likeness (QED) is 0.590. The first kappa shape index (κ1) is 8.75. The van der Waals surface area contributed by atoms with Gasteiger partial charge >= 0.3 is 0 Å². The van der Waals surface area contributed by atoms with Gasteiger partial charge in [0.2, 0.25) is 0 Å². The van der Waals surface area contributed by atoms with E-state index in [1.165, 1.54) is 12.8 Å². The van der Waals surface area contributed by atoms with E-state index in [0.717, 1.165) is 19.6 Å². The average Bonchev–Trinajstić information content (AvgIpc) is 2.07. The summed E-state index contributed by atoms with van der Waals surface area (Å²) in [5, 5.41) is 6.86. The van der Waals surface area contributed by atoms with Gasteiger partial charge in [0.05, 0.1) is 0 Å². The number of hydrogen-bond donors (Lipinski definition) is 2. The number of hydrogen-bond acceptors (Lipinski definition) is 2. The van der Waals surface area contributed by atoms with Gasteiger partial charge < -0.3 is 10.6 Å². The Balaban J connectivity index is 2.04. The molecule has 0 saturated carbocycles. The molecule has 0 aromatic heterocycles. The number of allylic oxidation sites excluding steroid dienone is 2. The van der Waals surface area contributed by atoms with E-state index in [1.54, 1.807) is 0 Å². The van der Waals surface area contributed by atoms with E-state index in [1.807, 2.05) is 0 Å². The highest BCUT2D eigenvalue weighted by molar-refractivity contribution is 4.82. The van der Waals surface area contributed by atoms with Gasteiger partial charge in [0.15, 0.2) is 0 Å². The van der Waals surface area contributed by atoms with E-state index in [2.05, 4.69) is 29.7 Å². The van der Waals surface area contributed by atoms with Crippen molar-refractivity contribution in [3.63, 3.8) is 0 Å². The lowest BCUT2D eigenvalue weighted by Crippen LogP contribution is -2.48. The van der Waals surface area contributed by atoms with E-state index in [-0.39, 0.29) is 0 Å². The predicted octanol–water partition coefficient (Wildman–Crippen LogP) is 0.904. The van der Waals surface area contributed by atoms with Gasteiger partial charge in [-0.2, -0.15) is 0 Å². The van der Waals surface area contributed by atoms with Gasteiger partial charge in [-0.25, -0.2) is 0 Å². The largest absolute Gasteiger partial charge is 0.314 e. The van der Waals surface area contributed by atoms with E-state index in [0.29, 0.717) is 6.04 Å². The van der Waals surface area contributed by atoms with E-state index in [9.17, 15) is 0 Å². The number of piperazine rings is 1. The molecule has 2 N–H and O–H groups in total. The Bertz CT molecular complexity index is 115. The molecule has 1 saturated heterocycles. The van der Waals surface area contributed by atoms with Crippen LogP contribution in [0.3, 0.4) is 0 Å². The highest BCUT2D eigenvalue weighted by Gasteiger charge is 2.09. The molecule has 1 aliphatic rings. The summed E-state index contributed by atoms with van der Waals surface area (Å²) in [6.45, 7) is 5.46. The molecule has 0 bridgehead atoms. The second-order valence-corrected chi connectivity index (χ2v) is 3.00. The van der Waals surface area contributed by atoms with Gasteiger partial charge in [-0.15, -0.1) is 0 Å². The Morgan fingerprint density at radius 1 is 1.45 bits per heavy atom. The van der Waals surface area contributed by atoms with Gasteiger partial charge in [0, 0.05) is 25.7 Å². The Morgan fingerprint density at radius 2 is 2.36 bits per heavy atom. The van der Waals surface area contributed by atoms with Crippen LogP contribution in [-0.4, -0.2) is 25.7 Å². The highest BCUT2D eigenvalue weighted by atomic mass is 15.0. The standard InChI is InChI=1S/C9H18N2/c1-2-3-4-5-9-8-10-6-7-11-9/h2-3,9-11H,4-8H2,1H3.